The molecule has 1 fully saturated rings. The second-order valence-corrected chi connectivity index (χ2v) is 9.05. The average Bonchev–Trinajstić information content (AvgIpc) is 2.78. The van der Waals surface area contributed by atoms with Gasteiger partial charge in [0.15, 0.2) is 12.4 Å². The van der Waals surface area contributed by atoms with Crippen molar-refractivity contribution in [1.29, 1.82) is 0 Å². The lowest BCUT2D eigenvalue weighted by molar-refractivity contribution is 0.0461. The number of nitrogen functional groups attached to an aromatic ring is 1. The van der Waals surface area contributed by atoms with Crippen molar-refractivity contribution in [2.45, 2.75) is 18.4 Å². The number of hydrogen-bond acceptors (Lipinski definition) is 8. The fraction of sp³-hybridized carbons (Fsp3) is 0.286. The third-order valence-electron chi connectivity index (χ3n) is 5.05. The molecular formula is C21H22N4O5S. The molecule has 1 aromatic heterocycles. The number of hydrogen-bond donors (Lipinski definition) is 1. The van der Waals surface area contributed by atoms with Crippen LogP contribution in [0, 0.1) is 6.92 Å². The van der Waals surface area contributed by atoms with Crippen LogP contribution in [0.1, 0.15) is 21.7 Å². The molecule has 1 aliphatic heterocycles. The van der Waals surface area contributed by atoms with Crippen LogP contribution < -0.4 is 5.73 Å². The van der Waals surface area contributed by atoms with E-state index in [1.807, 2.05) is 18.2 Å². The van der Waals surface area contributed by atoms with E-state index in [9.17, 15) is 13.2 Å². The van der Waals surface area contributed by atoms with Gasteiger partial charge in [-0.3, -0.25) is 0 Å². The molecule has 0 spiro atoms. The Bertz CT molecular complexity index is 1240. The van der Waals surface area contributed by atoms with Crippen molar-refractivity contribution in [3.63, 3.8) is 0 Å². The van der Waals surface area contributed by atoms with E-state index in [1.165, 1.54) is 16.4 Å². The fourth-order valence-corrected chi connectivity index (χ4v) is 4.78. The molecule has 0 saturated carbocycles. The van der Waals surface area contributed by atoms with Gasteiger partial charge in [0.1, 0.15) is 5.82 Å². The number of ether oxygens (including phenoxy) is 2. The van der Waals surface area contributed by atoms with E-state index < -0.39 is 16.0 Å². The number of carbonyl (C=O) groups excluding carboxylic acids is 1. The SMILES string of the molecule is Cc1ccc(S(=O)(=O)N2CCOCC2)cc1C(=O)OCc1nc(N)c2ccccc2n1. The quantitative estimate of drug-likeness (QED) is 0.594. The first-order valence-corrected chi connectivity index (χ1v) is 11.2. The monoisotopic (exact) mass is 442 g/mol. The van der Waals surface area contributed by atoms with E-state index in [2.05, 4.69) is 9.97 Å². The lowest BCUT2D eigenvalue weighted by Crippen LogP contribution is -2.40. The van der Waals surface area contributed by atoms with Crippen LogP contribution in [0.4, 0.5) is 5.82 Å². The first-order chi connectivity index (χ1) is 14.9. The predicted molar refractivity (Wildman–Crippen MR) is 114 cm³/mol. The van der Waals surface area contributed by atoms with Gasteiger partial charge in [-0.1, -0.05) is 18.2 Å². The van der Waals surface area contributed by atoms with Crippen molar-refractivity contribution in [3.05, 3.63) is 59.4 Å². The molecule has 9 nitrogen and oxygen atoms in total. The standard InChI is InChI=1S/C21H22N4O5S/c1-14-6-7-15(31(27,28)25-8-10-29-11-9-25)12-17(14)21(26)30-13-19-23-18-5-3-2-4-16(18)20(22)24-19/h2-7,12H,8-11,13H2,1H3,(H2,22,23,24). The number of nitrogens with two attached hydrogens (primary N) is 1. The number of morpholine rings is 1. The zero-order valence-corrected chi connectivity index (χ0v) is 17.8. The van der Waals surface area contributed by atoms with Gasteiger partial charge in [-0.05, 0) is 36.8 Å². The highest BCUT2D eigenvalue weighted by Gasteiger charge is 2.27. The third kappa shape index (κ3) is 4.36. The molecule has 0 atom stereocenters. The number of aryl methyl sites for hydroxylation is 1. The van der Waals surface area contributed by atoms with Crippen molar-refractivity contribution in [2.24, 2.45) is 0 Å². The summed E-state index contributed by atoms with van der Waals surface area (Å²) in [5.41, 5.74) is 7.39. The Hall–Kier alpha value is -3.08. The minimum absolute atomic E-state index is 0.0400. The largest absolute Gasteiger partial charge is 0.454 e. The average molecular weight is 442 g/mol. The summed E-state index contributed by atoms with van der Waals surface area (Å²) in [6.45, 7) is 2.76. The van der Waals surface area contributed by atoms with Crippen LogP contribution in [0.5, 0.6) is 0 Å². The predicted octanol–water partition coefficient (Wildman–Crippen LogP) is 1.90. The summed E-state index contributed by atoms with van der Waals surface area (Å²) in [6.07, 6.45) is 0. The summed E-state index contributed by atoms with van der Waals surface area (Å²) >= 11 is 0. The first kappa shape index (κ1) is 21.2. The van der Waals surface area contributed by atoms with Gasteiger partial charge in [0.05, 0.1) is 29.2 Å². The number of fused-ring (bicyclic) bond motifs is 1. The molecule has 2 N–H and O–H groups in total. The summed E-state index contributed by atoms with van der Waals surface area (Å²) in [5.74, 6) is -0.0995. The van der Waals surface area contributed by atoms with Gasteiger partial charge in [-0.25, -0.2) is 23.2 Å². The van der Waals surface area contributed by atoms with E-state index >= 15 is 0 Å². The highest BCUT2D eigenvalue weighted by molar-refractivity contribution is 7.89. The van der Waals surface area contributed by atoms with Crippen LogP contribution in [-0.2, 0) is 26.1 Å². The number of carbonyl (C=O) groups is 1. The number of rotatable bonds is 5. The zero-order chi connectivity index (χ0) is 22.0. The molecule has 3 aromatic rings. The Kier molecular flexibility index (Phi) is 5.86. The highest BCUT2D eigenvalue weighted by atomic mass is 32.2. The Morgan fingerprint density at radius 1 is 1.16 bits per heavy atom. The van der Waals surface area contributed by atoms with Crippen molar-refractivity contribution in [2.75, 3.05) is 32.0 Å². The summed E-state index contributed by atoms with van der Waals surface area (Å²) in [6, 6.07) is 11.7. The Balaban J connectivity index is 1.54. The highest BCUT2D eigenvalue weighted by Crippen LogP contribution is 2.22. The number of esters is 1. The van der Waals surface area contributed by atoms with E-state index in [0.717, 1.165) is 5.39 Å². The lowest BCUT2D eigenvalue weighted by Gasteiger charge is -2.26. The van der Waals surface area contributed by atoms with Crippen LogP contribution in [0.25, 0.3) is 10.9 Å². The van der Waals surface area contributed by atoms with Crippen molar-refractivity contribution < 1.29 is 22.7 Å². The topological polar surface area (TPSA) is 125 Å². The van der Waals surface area contributed by atoms with Crippen molar-refractivity contribution in [3.8, 4) is 0 Å². The molecule has 0 amide bonds. The van der Waals surface area contributed by atoms with Crippen LogP contribution in [0.15, 0.2) is 47.4 Å². The molecule has 162 valence electrons. The van der Waals surface area contributed by atoms with E-state index in [-0.39, 0.29) is 36.0 Å². The number of benzene rings is 2. The number of nitrogens with zero attached hydrogens (tertiary/aromatic N) is 3. The molecule has 0 radical (unpaired) electrons. The van der Waals surface area contributed by atoms with Gasteiger partial charge in [-0.2, -0.15) is 4.31 Å². The first-order valence-electron chi connectivity index (χ1n) is 9.73. The van der Waals surface area contributed by atoms with Crippen LogP contribution in [0.2, 0.25) is 0 Å². The normalized spacial score (nSPS) is 15.1. The minimum Gasteiger partial charge on any atom is -0.454 e. The maximum atomic E-state index is 12.9. The smallest absolute Gasteiger partial charge is 0.338 e. The van der Waals surface area contributed by atoms with Crippen LogP contribution in [-0.4, -0.2) is 55.0 Å². The molecule has 4 rings (SSSR count). The summed E-state index contributed by atoms with van der Waals surface area (Å²) in [4.78, 5) is 21.3. The van der Waals surface area contributed by atoms with E-state index in [0.29, 0.717) is 30.1 Å². The van der Waals surface area contributed by atoms with Gasteiger partial charge in [-0.15, -0.1) is 0 Å². The summed E-state index contributed by atoms with van der Waals surface area (Å²) in [7, 11) is -3.73. The van der Waals surface area contributed by atoms with Gasteiger partial charge < -0.3 is 15.2 Å². The maximum absolute atomic E-state index is 12.9. The molecule has 31 heavy (non-hydrogen) atoms. The minimum atomic E-state index is -3.73. The molecule has 0 unspecified atom stereocenters. The number of sulfonamides is 1. The fourth-order valence-electron chi connectivity index (χ4n) is 3.34. The number of para-hydroxylation sites is 1. The van der Waals surface area contributed by atoms with Crippen LogP contribution in [0.3, 0.4) is 0 Å². The zero-order valence-electron chi connectivity index (χ0n) is 16.9. The van der Waals surface area contributed by atoms with E-state index in [1.54, 1.807) is 19.1 Å². The summed E-state index contributed by atoms with van der Waals surface area (Å²) < 4.78 is 37.7. The van der Waals surface area contributed by atoms with Gasteiger partial charge in [0.25, 0.3) is 0 Å². The van der Waals surface area contributed by atoms with E-state index in [4.69, 9.17) is 15.2 Å². The van der Waals surface area contributed by atoms with Crippen molar-refractivity contribution >= 4 is 32.7 Å². The second kappa shape index (κ2) is 8.58. The van der Waals surface area contributed by atoms with Gasteiger partial charge in [0, 0.05) is 18.5 Å². The maximum Gasteiger partial charge on any atom is 0.338 e. The lowest BCUT2D eigenvalue weighted by atomic mass is 10.1. The van der Waals surface area contributed by atoms with Gasteiger partial charge >= 0.3 is 5.97 Å². The Labute approximate surface area is 179 Å². The molecular weight excluding hydrogens is 420 g/mol. The second-order valence-electron chi connectivity index (χ2n) is 7.11. The molecule has 2 heterocycles. The Morgan fingerprint density at radius 3 is 2.68 bits per heavy atom. The molecule has 2 aromatic carbocycles. The molecule has 0 bridgehead atoms. The molecule has 0 aliphatic carbocycles. The molecule has 10 heteroatoms. The Morgan fingerprint density at radius 2 is 1.90 bits per heavy atom. The number of aromatic nitrogens is 2. The third-order valence-corrected chi connectivity index (χ3v) is 6.94. The van der Waals surface area contributed by atoms with Crippen molar-refractivity contribution in [1.82, 2.24) is 14.3 Å². The van der Waals surface area contributed by atoms with Gasteiger partial charge in [0.2, 0.25) is 10.0 Å². The number of anilines is 1. The van der Waals surface area contributed by atoms with Crippen LogP contribution >= 0.6 is 0 Å². The molecule has 1 saturated heterocycles. The molecule has 1 aliphatic rings. The summed E-state index contributed by atoms with van der Waals surface area (Å²) in [5, 5.41) is 0.717.